The van der Waals surface area contributed by atoms with Crippen LogP contribution in [0.4, 0.5) is 0 Å². The normalized spacial score (nSPS) is 20.4. The zero-order valence-electron chi connectivity index (χ0n) is 12.1. The van der Waals surface area contributed by atoms with Gasteiger partial charge in [-0.25, -0.2) is 0 Å². The molecule has 0 aromatic heterocycles. The van der Waals surface area contributed by atoms with E-state index in [0.29, 0.717) is 24.2 Å². The van der Waals surface area contributed by atoms with Crippen molar-refractivity contribution in [2.75, 3.05) is 26.3 Å². The molecular formula is C15H23ClN2O2. The second-order valence-electron chi connectivity index (χ2n) is 5.35. The summed E-state index contributed by atoms with van der Waals surface area (Å²) in [5.74, 6) is 0.755. The summed E-state index contributed by atoms with van der Waals surface area (Å²) in [6.45, 7) is 8.01. The van der Waals surface area contributed by atoms with E-state index in [1.54, 1.807) is 0 Å². The van der Waals surface area contributed by atoms with Crippen molar-refractivity contribution in [3.63, 3.8) is 0 Å². The topological polar surface area (TPSA) is 47.7 Å². The third-order valence-electron chi connectivity index (χ3n) is 3.57. The van der Waals surface area contributed by atoms with E-state index in [1.807, 2.05) is 18.2 Å². The fraction of sp³-hybridized carbons (Fsp3) is 0.600. The lowest BCUT2D eigenvalue weighted by molar-refractivity contribution is -0.0565. The maximum absolute atomic E-state index is 6.00. The van der Waals surface area contributed by atoms with Gasteiger partial charge in [-0.3, -0.25) is 4.90 Å². The Hall–Kier alpha value is -0.810. The predicted octanol–water partition coefficient (Wildman–Crippen LogP) is 2.29. The lowest BCUT2D eigenvalue weighted by Gasteiger charge is -2.35. The first-order valence-electron chi connectivity index (χ1n) is 7.07. The Labute approximate surface area is 125 Å². The number of benzene rings is 1. The molecule has 2 rings (SSSR count). The van der Waals surface area contributed by atoms with Crippen LogP contribution in [0.15, 0.2) is 18.2 Å². The number of ether oxygens (including phenoxy) is 2. The lowest BCUT2D eigenvalue weighted by Crippen LogP contribution is -2.47. The fourth-order valence-corrected chi connectivity index (χ4v) is 2.49. The van der Waals surface area contributed by atoms with Crippen molar-refractivity contribution < 1.29 is 9.47 Å². The summed E-state index contributed by atoms with van der Waals surface area (Å²) >= 11 is 6.00. The van der Waals surface area contributed by atoms with E-state index in [-0.39, 0.29) is 6.10 Å². The minimum Gasteiger partial charge on any atom is -0.490 e. The SMILES string of the molecule is CC(C)N1CCOC(COc2cc(Cl)ccc2CN)C1. The smallest absolute Gasteiger partial charge is 0.125 e. The zero-order chi connectivity index (χ0) is 14.5. The quantitative estimate of drug-likeness (QED) is 0.906. The van der Waals surface area contributed by atoms with Gasteiger partial charge in [0.15, 0.2) is 0 Å². The monoisotopic (exact) mass is 298 g/mol. The van der Waals surface area contributed by atoms with Crippen LogP contribution in [-0.4, -0.2) is 43.3 Å². The highest BCUT2D eigenvalue weighted by atomic mass is 35.5. The summed E-state index contributed by atoms with van der Waals surface area (Å²) in [7, 11) is 0. The molecule has 1 aromatic rings. The molecule has 1 unspecified atom stereocenters. The molecule has 2 N–H and O–H groups in total. The highest BCUT2D eigenvalue weighted by Gasteiger charge is 2.22. The third-order valence-corrected chi connectivity index (χ3v) is 3.81. The van der Waals surface area contributed by atoms with Gasteiger partial charge in [-0.05, 0) is 26.0 Å². The third kappa shape index (κ3) is 4.09. The first-order chi connectivity index (χ1) is 9.60. The van der Waals surface area contributed by atoms with Crippen LogP contribution in [0.3, 0.4) is 0 Å². The highest BCUT2D eigenvalue weighted by molar-refractivity contribution is 6.30. The first kappa shape index (κ1) is 15.6. The van der Waals surface area contributed by atoms with Gasteiger partial charge in [0.25, 0.3) is 0 Å². The summed E-state index contributed by atoms with van der Waals surface area (Å²) in [6, 6.07) is 6.08. The van der Waals surface area contributed by atoms with E-state index in [9.17, 15) is 0 Å². The van der Waals surface area contributed by atoms with Gasteiger partial charge < -0.3 is 15.2 Å². The molecule has 0 radical (unpaired) electrons. The van der Waals surface area contributed by atoms with Crippen molar-refractivity contribution >= 4 is 11.6 Å². The minimum atomic E-state index is 0.0933. The number of halogens is 1. The van der Waals surface area contributed by atoms with Crippen molar-refractivity contribution in [1.29, 1.82) is 0 Å². The van der Waals surface area contributed by atoms with Crippen LogP contribution in [0.1, 0.15) is 19.4 Å². The van der Waals surface area contributed by atoms with Gasteiger partial charge in [0.05, 0.1) is 6.61 Å². The summed E-state index contributed by atoms with van der Waals surface area (Å²) in [5.41, 5.74) is 6.67. The van der Waals surface area contributed by atoms with Crippen LogP contribution in [-0.2, 0) is 11.3 Å². The Bertz CT molecular complexity index is 440. The molecular weight excluding hydrogens is 276 g/mol. The molecule has 1 fully saturated rings. The molecule has 1 heterocycles. The molecule has 0 spiro atoms. The number of nitrogens with zero attached hydrogens (tertiary/aromatic N) is 1. The maximum atomic E-state index is 6.00. The molecule has 0 bridgehead atoms. The average molecular weight is 299 g/mol. The van der Waals surface area contributed by atoms with Crippen LogP contribution in [0.2, 0.25) is 5.02 Å². The highest BCUT2D eigenvalue weighted by Crippen LogP contribution is 2.23. The van der Waals surface area contributed by atoms with Crippen LogP contribution in [0, 0.1) is 0 Å². The van der Waals surface area contributed by atoms with Gasteiger partial charge >= 0.3 is 0 Å². The molecule has 1 aliphatic heterocycles. The molecule has 1 saturated heterocycles. The van der Waals surface area contributed by atoms with Gasteiger partial charge in [0.1, 0.15) is 18.5 Å². The van der Waals surface area contributed by atoms with E-state index in [1.165, 1.54) is 0 Å². The molecule has 4 nitrogen and oxygen atoms in total. The molecule has 1 aromatic carbocycles. The summed E-state index contributed by atoms with van der Waals surface area (Å²) in [4.78, 5) is 2.40. The lowest BCUT2D eigenvalue weighted by atomic mass is 10.2. The molecule has 20 heavy (non-hydrogen) atoms. The molecule has 0 aliphatic carbocycles. The Balaban J connectivity index is 1.93. The van der Waals surface area contributed by atoms with E-state index in [2.05, 4.69) is 18.7 Å². The van der Waals surface area contributed by atoms with Crippen LogP contribution in [0.25, 0.3) is 0 Å². The molecule has 5 heteroatoms. The summed E-state index contributed by atoms with van der Waals surface area (Å²) in [6.07, 6.45) is 0.0933. The van der Waals surface area contributed by atoms with Gasteiger partial charge in [-0.1, -0.05) is 17.7 Å². The van der Waals surface area contributed by atoms with Gasteiger partial charge in [0, 0.05) is 36.3 Å². The van der Waals surface area contributed by atoms with Crippen LogP contribution >= 0.6 is 11.6 Å². The Morgan fingerprint density at radius 2 is 2.30 bits per heavy atom. The van der Waals surface area contributed by atoms with Crippen LogP contribution in [0.5, 0.6) is 5.75 Å². The second-order valence-corrected chi connectivity index (χ2v) is 5.79. The largest absolute Gasteiger partial charge is 0.490 e. The standard InChI is InChI=1S/C15H23ClN2O2/c1-11(2)18-5-6-19-14(9-18)10-20-15-7-13(16)4-3-12(15)8-17/h3-4,7,11,14H,5-6,8-10,17H2,1-2H3. The fourth-order valence-electron chi connectivity index (χ4n) is 2.33. The Kier molecular flexibility index (Phi) is 5.66. The Morgan fingerprint density at radius 1 is 1.50 bits per heavy atom. The summed E-state index contributed by atoms with van der Waals surface area (Å²) < 4.78 is 11.6. The molecule has 0 amide bonds. The van der Waals surface area contributed by atoms with E-state index in [0.717, 1.165) is 31.0 Å². The molecule has 0 saturated carbocycles. The van der Waals surface area contributed by atoms with Gasteiger partial charge in [-0.15, -0.1) is 0 Å². The van der Waals surface area contributed by atoms with E-state index < -0.39 is 0 Å². The predicted molar refractivity (Wildman–Crippen MR) is 81.3 cm³/mol. The maximum Gasteiger partial charge on any atom is 0.125 e. The zero-order valence-corrected chi connectivity index (χ0v) is 12.9. The molecule has 1 aliphatic rings. The number of nitrogens with two attached hydrogens (primary N) is 1. The number of hydrogen-bond donors (Lipinski definition) is 1. The second kappa shape index (κ2) is 7.27. The van der Waals surface area contributed by atoms with Crippen molar-refractivity contribution in [2.24, 2.45) is 5.73 Å². The van der Waals surface area contributed by atoms with Crippen molar-refractivity contribution in [3.05, 3.63) is 28.8 Å². The Morgan fingerprint density at radius 3 is 3.00 bits per heavy atom. The van der Waals surface area contributed by atoms with Crippen molar-refractivity contribution in [1.82, 2.24) is 4.90 Å². The van der Waals surface area contributed by atoms with Gasteiger partial charge in [-0.2, -0.15) is 0 Å². The van der Waals surface area contributed by atoms with Gasteiger partial charge in [0.2, 0.25) is 0 Å². The minimum absolute atomic E-state index is 0.0933. The molecule has 112 valence electrons. The summed E-state index contributed by atoms with van der Waals surface area (Å²) in [5, 5.41) is 0.658. The number of morpholine rings is 1. The number of hydrogen-bond acceptors (Lipinski definition) is 4. The van der Waals surface area contributed by atoms with Crippen molar-refractivity contribution in [2.45, 2.75) is 32.5 Å². The van der Waals surface area contributed by atoms with Crippen molar-refractivity contribution in [3.8, 4) is 5.75 Å². The molecule has 1 atom stereocenters. The van der Waals surface area contributed by atoms with E-state index in [4.69, 9.17) is 26.8 Å². The average Bonchev–Trinajstić information content (AvgIpc) is 2.45. The number of rotatable bonds is 5. The first-order valence-corrected chi connectivity index (χ1v) is 7.45. The van der Waals surface area contributed by atoms with Crippen LogP contribution < -0.4 is 10.5 Å². The van der Waals surface area contributed by atoms with E-state index >= 15 is 0 Å².